The lowest BCUT2D eigenvalue weighted by Crippen LogP contribution is -2.51. The summed E-state index contributed by atoms with van der Waals surface area (Å²) in [5, 5.41) is 0. The van der Waals surface area contributed by atoms with E-state index in [1.165, 1.54) is 0 Å². The first kappa shape index (κ1) is 15.4. The zero-order valence-electron chi connectivity index (χ0n) is 11.9. The Kier molecular flexibility index (Phi) is 5.57. The third kappa shape index (κ3) is 2.85. The quantitative estimate of drug-likeness (QED) is 0.755. The summed E-state index contributed by atoms with van der Waals surface area (Å²) in [5.41, 5.74) is 5.34. The van der Waals surface area contributed by atoms with Gasteiger partial charge in [0.1, 0.15) is 0 Å². The van der Waals surface area contributed by atoms with E-state index in [0.717, 1.165) is 45.1 Å². The first-order valence-electron chi connectivity index (χ1n) is 7.10. The molecule has 1 rings (SSSR count). The van der Waals surface area contributed by atoms with Crippen molar-refractivity contribution in [3.05, 3.63) is 0 Å². The Bertz CT molecular complexity index is 311. The summed E-state index contributed by atoms with van der Waals surface area (Å²) in [6.45, 7) is 7.15. The second-order valence-electron chi connectivity index (χ2n) is 5.44. The summed E-state index contributed by atoms with van der Waals surface area (Å²) in [6.07, 6.45) is 5.61. The Morgan fingerprint density at radius 1 is 1.39 bits per heavy atom. The number of hydrogen-bond donors (Lipinski definition) is 1. The van der Waals surface area contributed by atoms with Gasteiger partial charge in [0.05, 0.1) is 10.4 Å². The molecule has 0 aromatic rings. The molecule has 1 aliphatic heterocycles. The number of rotatable bonds is 6. The monoisotopic (exact) mass is 270 g/mol. The van der Waals surface area contributed by atoms with Crippen molar-refractivity contribution in [2.75, 3.05) is 6.54 Å². The zero-order chi connectivity index (χ0) is 13.8. The third-order valence-electron chi connectivity index (χ3n) is 4.05. The molecule has 0 spiro atoms. The minimum atomic E-state index is -0.600. The first-order chi connectivity index (χ1) is 8.49. The predicted molar refractivity (Wildman–Crippen MR) is 79.4 cm³/mol. The lowest BCUT2D eigenvalue weighted by atomic mass is 9.77. The van der Waals surface area contributed by atoms with Gasteiger partial charge in [0, 0.05) is 12.6 Å². The summed E-state index contributed by atoms with van der Waals surface area (Å²) >= 11 is 5.24. The standard InChI is InChI=1S/C14H26N2OS/c1-4-8-14(9-5-2,12(15)18)13(17)16-10-6-7-11(16)3/h11H,4-10H2,1-3H3,(H2,15,18). The van der Waals surface area contributed by atoms with Crippen LogP contribution >= 0.6 is 12.2 Å². The van der Waals surface area contributed by atoms with Crippen molar-refractivity contribution >= 4 is 23.1 Å². The molecular formula is C14H26N2OS. The van der Waals surface area contributed by atoms with Crippen molar-refractivity contribution in [3.8, 4) is 0 Å². The zero-order valence-corrected chi connectivity index (χ0v) is 12.7. The second-order valence-corrected chi connectivity index (χ2v) is 5.88. The maximum absolute atomic E-state index is 12.9. The number of carbonyl (C=O) groups excluding carboxylic acids is 1. The van der Waals surface area contributed by atoms with Crippen molar-refractivity contribution in [1.82, 2.24) is 4.90 Å². The van der Waals surface area contributed by atoms with Gasteiger partial charge in [-0.2, -0.15) is 0 Å². The van der Waals surface area contributed by atoms with Crippen LogP contribution in [0.5, 0.6) is 0 Å². The van der Waals surface area contributed by atoms with Crippen LogP contribution in [0.25, 0.3) is 0 Å². The molecule has 0 aromatic carbocycles. The maximum Gasteiger partial charge on any atom is 0.235 e. The van der Waals surface area contributed by atoms with Crippen molar-refractivity contribution in [2.24, 2.45) is 11.1 Å². The summed E-state index contributed by atoms with van der Waals surface area (Å²) < 4.78 is 0. The molecule has 1 fully saturated rings. The number of carbonyl (C=O) groups is 1. The van der Waals surface area contributed by atoms with E-state index in [4.69, 9.17) is 18.0 Å². The van der Waals surface area contributed by atoms with Crippen LogP contribution < -0.4 is 5.73 Å². The molecule has 0 bridgehead atoms. The highest BCUT2D eigenvalue weighted by Gasteiger charge is 2.44. The second kappa shape index (κ2) is 6.50. The number of likely N-dealkylation sites (tertiary alicyclic amines) is 1. The average Bonchev–Trinajstić information content (AvgIpc) is 2.73. The maximum atomic E-state index is 12.9. The van der Waals surface area contributed by atoms with E-state index >= 15 is 0 Å². The van der Waals surface area contributed by atoms with Crippen LogP contribution in [0.15, 0.2) is 0 Å². The molecule has 1 saturated heterocycles. The van der Waals surface area contributed by atoms with Crippen LogP contribution in [-0.4, -0.2) is 28.4 Å². The van der Waals surface area contributed by atoms with Gasteiger partial charge < -0.3 is 10.6 Å². The number of amides is 1. The van der Waals surface area contributed by atoms with Crippen molar-refractivity contribution in [2.45, 2.75) is 65.3 Å². The van der Waals surface area contributed by atoms with Gasteiger partial charge in [-0.15, -0.1) is 0 Å². The van der Waals surface area contributed by atoms with Gasteiger partial charge in [-0.05, 0) is 32.6 Å². The normalized spacial score (nSPS) is 20.2. The minimum absolute atomic E-state index is 0.170. The summed E-state index contributed by atoms with van der Waals surface area (Å²) in [4.78, 5) is 15.2. The van der Waals surface area contributed by atoms with Gasteiger partial charge in [-0.1, -0.05) is 38.9 Å². The Labute approximate surface area is 116 Å². The molecule has 1 heterocycles. The molecule has 0 aliphatic carbocycles. The highest BCUT2D eigenvalue weighted by molar-refractivity contribution is 7.80. The van der Waals surface area contributed by atoms with Crippen LogP contribution in [0.1, 0.15) is 59.3 Å². The van der Waals surface area contributed by atoms with Crippen LogP contribution in [0.2, 0.25) is 0 Å². The van der Waals surface area contributed by atoms with Gasteiger partial charge in [-0.3, -0.25) is 4.79 Å². The molecule has 1 amide bonds. The van der Waals surface area contributed by atoms with Gasteiger partial charge in [0.25, 0.3) is 0 Å². The molecule has 104 valence electrons. The molecule has 4 heteroatoms. The van der Waals surface area contributed by atoms with Crippen LogP contribution in [0.4, 0.5) is 0 Å². The van der Waals surface area contributed by atoms with Crippen molar-refractivity contribution in [1.29, 1.82) is 0 Å². The van der Waals surface area contributed by atoms with Crippen LogP contribution in [0.3, 0.4) is 0 Å². The molecule has 18 heavy (non-hydrogen) atoms. The van der Waals surface area contributed by atoms with Gasteiger partial charge in [0.2, 0.25) is 5.91 Å². The molecule has 3 nitrogen and oxygen atoms in total. The van der Waals surface area contributed by atoms with Gasteiger partial charge >= 0.3 is 0 Å². The van der Waals surface area contributed by atoms with E-state index in [0.29, 0.717) is 11.0 Å². The van der Waals surface area contributed by atoms with E-state index < -0.39 is 5.41 Å². The fourth-order valence-electron chi connectivity index (χ4n) is 3.05. The van der Waals surface area contributed by atoms with E-state index in [1.807, 2.05) is 4.90 Å². The Morgan fingerprint density at radius 3 is 2.28 bits per heavy atom. The molecule has 0 saturated carbocycles. The fourth-order valence-corrected chi connectivity index (χ4v) is 3.35. The van der Waals surface area contributed by atoms with E-state index in [-0.39, 0.29) is 5.91 Å². The van der Waals surface area contributed by atoms with Crippen LogP contribution in [0, 0.1) is 5.41 Å². The number of nitrogens with zero attached hydrogens (tertiary/aromatic N) is 1. The van der Waals surface area contributed by atoms with Crippen molar-refractivity contribution in [3.63, 3.8) is 0 Å². The average molecular weight is 270 g/mol. The molecule has 1 atom stereocenters. The molecule has 0 aromatic heterocycles. The third-order valence-corrected chi connectivity index (χ3v) is 4.44. The highest BCUT2D eigenvalue weighted by atomic mass is 32.1. The Morgan fingerprint density at radius 2 is 1.94 bits per heavy atom. The summed E-state index contributed by atoms with van der Waals surface area (Å²) in [6, 6.07) is 0.333. The molecule has 1 aliphatic rings. The minimum Gasteiger partial charge on any atom is -0.392 e. The number of hydrogen-bond acceptors (Lipinski definition) is 2. The first-order valence-corrected chi connectivity index (χ1v) is 7.51. The molecule has 0 radical (unpaired) electrons. The number of nitrogens with two attached hydrogens (primary N) is 1. The predicted octanol–water partition coefficient (Wildman–Crippen LogP) is 2.87. The summed E-state index contributed by atoms with van der Waals surface area (Å²) in [5.74, 6) is 0.170. The highest BCUT2D eigenvalue weighted by Crippen LogP contribution is 2.35. The topological polar surface area (TPSA) is 46.3 Å². The molecule has 1 unspecified atom stereocenters. The van der Waals surface area contributed by atoms with Gasteiger partial charge in [0.15, 0.2) is 0 Å². The van der Waals surface area contributed by atoms with E-state index in [1.54, 1.807) is 0 Å². The SMILES string of the molecule is CCCC(CCC)(C(=O)N1CCCC1C)C(N)=S. The van der Waals surface area contributed by atoms with E-state index in [2.05, 4.69) is 20.8 Å². The number of thiocarbonyl (C=S) groups is 1. The Balaban J connectivity index is 3.00. The largest absolute Gasteiger partial charge is 0.392 e. The summed E-state index contributed by atoms with van der Waals surface area (Å²) in [7, 11) is 0. The van der Waals surface area contributed by atoms with Crippen molar-refractivity contribution < 1.29 is 4.79 Å². The Hall–Kier alpha value is -0.640. The molecule has 2 N–H and O–H groups in total. The smallest absolute Gasteiger partial charge is 0.235 e. The lowest BCUT2D eigenvalue weighted by molar-refractivity contribution is -0.139. The lowest BCUT2D eigenvalue weighted by Gasteiger charge is -2.36. The van der Waals surface area contributed by atoms with Gasteiger partial charge in [-0.25, -0.2) is 0 Å². The molecular weight excluding hydrogens is 244 g/mol. The van der Waals surface area contributed by atoms with Crippen LogP contribution in [-0.2, 0) is 4.79 Å². The fraction of sp³-hybridized carbons (Fsp3) is 0.857. The van der Waals surface area contributed by atoms with E-state index in [9.17, 15) is 4.79 Å².